The molecule has 0 radical (unpaired) electrons. The first-order valence-corrected chi connectivity index (χ1v) is 7.12. The predicted molar refractivity (Wildman–Crippen MR) is 81.1 cm³/mol. The normalized spacial score (nSPS) is 12.1. The molecular weight excluding hydrogens is 281 g/mol. The van der Waals surface area contributed by atoms with Gasteiger partial charge in [-0.2, -0.15) is 5.26 Å². The zero-order valence-corrected chi connectivity index (χ0v) is 12.2. The van der Waals surface area contributed by atoms with Crippen LogP contribution in [0.15, 0.2) is 48.7 Å². The molecule has 0 aliphatic rings. The number of halogens is 1. The van der Waals surface area contributed by atoms with Gasteiger partial charge in [-0.3, -0.25) is 9.88 Å². The largest absolute Gasteiger partial charge is 0.387 e. The lowest BCUT2D eigenvalue weighted by atomic mass is 10.1. The van der Waals surface area contributed by atoms with E-state index in [9.17, 15) is 9.50 Å². The minimum absolute atomic E-state index is 0.328. The molecule has 0 saturated carbocycles. The van der Waals surface area contributed by atoms with E-state index >= 15 is 0 Å². The van der Waals surface area contributed by atoms with E-state index in [2.05, 4.69) is 11.1 Å². The maximum atomic E-state index is 12.9. The molecule has 0 amide bonds. The molecule has 22 heavy (non-hydrogen) atoms. The van der Waals surface area contributed by atoms with E-state index in [0.717, 1.165) is 5.69 Å². The smallest absolute Gasteiger partial charge is 0.123 e. The zero-order chi connectivity index (χ0) is 15.8. The van der Waals surface area contributed by atoms with Gasteiger partial charge in [0.05, 0.1) is 17.9 Å². The summed E-state index contributed by atoms with van der Waals surface area (Å²) in [6.07, 6.45) is 1.36. The Hall–Kier alpha value is -2.29. The molecule has 1 heterocycles. The maximum Gasteiger partial charge on any atom is 0.123 e. The minimum Gasteiger partial charge on any atom is -0.387 e. The summed E-state index contributed by atoms with van der Waals surface area (Å²) in [5.41, 5.74) is 1.54. The van der Waals surface area contributed by atoms with Gasteiger partial charge in [-0.15, -0.1) is 0 Å². The van der Waals surface area contributed by atoms with Crippen LogP contribution >= 0.6 is 0 Å². The fourth-order valence-electron chi connectivity index (χ4n) is 2.20. The summed E-state index contributed by atoms with van der Waals surface area (Å²) in [5, 5.41) is 19.1. The summed E-state index contributed by atoms with van der Waals surface area (Å²) in [7, 11) is 0. The molecule has 5 heteroatoms. The highest BCUT2D eigenvalue weighted by Gasteiger charge is 2.14. The number of hydrogen-bond donors (Lipinski definition) is 1. The number of rotatable bonds is 7. The highest BCUT2D eigenvalue weighted by Crippen LogP contribution is 2.16. The van der Waals surface area contributed by atoms with E-state index in [1.54, 1.807) is 18.3 Å². The van der Waals surface area contributed by atoms with Crippen LogP contribution in [0.1, 0.15) is 23.8 Å². The summed E-state index contributed by atoms with van der Waals surface area (Å²) in [5.74, 6) is -0.328. The third-order valence-corrected chi connectivity index (χ3v) is 3.34. The standard InChI is InChI=1S/C17H18FN3O/c18-15-7-5-14(6-8-15)17(22)13-21(11-3-9-19)12-16-4-1-2-10-20-16/h1-2,4-8,10,17,22H,3,11-13H2. The summed E-state index contributed by atoms with van der Waals surface area (Å²) >= 11 is 0. The van der Waals surface area contributed by atoms with Crippen LogP contribution in [0, 0.1) is 17.1 Å². The van der Waals surface area contributed by atoms with E-state index in [4.69, 9.17) is 5.26 Å². The van der Waals surface area contributed by atoms with Crippen LogP contribution < -0.4 is 0 Å². The van der Waals surface area contributed by atoms with Gasteiger partial charge < -0.3 is 5.11 Å². The van der Waals surface area contributed by atoms with Gasteiger partial charge in [-0.1, -0.05) is 18.2 Å². The lowest BCUT2D eigenvalue weighted by molar-refractivity contribution is 0.109. The Labute approximate surface area is 129 Å². The number of benzene rings is 1. The Balaban J connectivity index is 2.02. The zero-order valence-electron chi connectivity index (χ0n) is 12.2. The molecule has 4 nitrogen and oxygen atoms in total. The van der Waals surface area contributed by atoms with Gasteiger partial charge in [-0.05, 0) is 29.8 Å². The molecule has 0 aliphatic carbocycles. The molecule has 1 atom stereocenters. The summed E-state index contributed by atoms with van der Waals surface area (Å²) in [6.45, 7) is 1.47. The van der Waals surface area contributed by atoms with Gasteiger partial charge in [0.2, 0.25) is 0 Å². The number of aliphatic hydroxyl groups excluding tert-OH is 1. The molecule has 0 fully saturated rings. The molecule has 114 valence electrons. The molecule has 1 aromatic carbocycles. The van der Waals surface area contributed by atoms with Crippen LogP contribution in [0.2, 0.25) is 0 Å². The number of nitrogens with zero attached hydrogens (tertiary/aromatic N) is 3. The van der Waals surface area contributed by atoms with Crippen molar-refractivity contribution in [2.24, 2.45) is 0 Å². The van der Waals surface area contributed by atoms with Crippen molar-refractivity contribution in [2.75, 3.05) is 13.1 Å². The van der Waals surface area contributed by atoms with Crippen LogP contribution in [0.5, 0.6) is 0 Å². The summed E-state index contributed by atoms with van der Waals surface area (Å²) in [6, 6.07) is 13.6. The highest BCUT2D eigenvalue weighted by molar-refractivity contribution is 5.18. The first kappa shape index (κ1) is 16.1. The van der Waals surface area contributed by atoms with Crippen LogP contribution in [0.25, 0.3) is 0 Å². The van der Waals surface area contributed by atoms with Crippen LogP contribution in [0.3, 0.4) is 0 Å². The third kappa shape index (κ3) is 4.92. The van der Waals surface area contributed by atoms with E-state index in [1.165, 1.54) is 12.1 Å². The van der Waals surface area contributed by atoms with Crippen molar-refractivity contribution in [3.8, 4) is 6.07 Å². The van der Waals surface area contributed by atoms with Gasteiger partial charge in [-0.25, -0.2) is 4.39 Å². The second-order valence-corrected chi connectivity index (χ2v) is 5.03. The van der Waals surface area contributed by atoms with Crippen molar-refractivity contribution in [2.45, 2.75) is 19.1 Å². The molecule has 0 spiro atoms. The molecule has 2 aromatic rings. The summed E-state index contributed by atoms with van der Waals surface area (Å²) in [4.78, 5) is 6.23. The van der Waals surface area contributed by atoms with Crippen molar-refractivity contribution in [1.82, 2.24) is 9.88 Å². The molecule has 0 saturated heterocycles. The molecule has 1 unspecified atom stereocenters. The van der Waals surface area contributed by atoms with E-state index in [0.29, 0.717) is 31.6 Å². The average molecular weight is 299 g/mol. The van der Waals surface area contributed by atoms with Crippen molar-refractivity contribution in [3.05, 3.63) is 65.7 Å². The second-order valence-electron chi connectivity index (χ2n) is 5.03. The van der Waals surface area contributed by atoms with Crippen molar-refractivity contribution in [3.63, 3.8) is 0 Å². The third-order valence-electron chi connectivity index (χ3n) is 3.34. The van der Waals surface area contributed by atoms with Crippen molar-refractivity contribution >= 4 is 0 Å². The van der Waals surface area contributed by atoms with Gasteiger partial charge >= 0.3 is 0 Å². The van der Waals surface area contributed by atoms with E-state index < -0.39 is 6.10 Å². The number of aliphatic hydroxyl groups is 1. The van der Waals surface area contributed by atoms with Gasteiger partial charge in [0.15, 0.2) is 0 Å². The van der Waals surface area contributed by atoms with Crippen LogP contribution in [-0.4, -0.2) is 28.1 Å². The first-order chi connectivity index (χ1) is 10.7. The van der Waals surface area contributed by atoms with Crippen molar-refractivity contribution in [1.29, 1.82) is 5.26 Å². The number of nitriles is 1. The van der Waals surface area contributed by atoms with Gasteiger partial charge in [0, 0.05) is 32.3 Å². The topological polar surface area (TPSA) is 60.2 Å². The van der Waals surface area contributed by atoms with Gasteiger partial charge in [0.25, 0.3) is 0 Å². The lowest BCUT2D eigenvalue weighted by Crippen LogP contribution is -2.29. The Morgan fingerprint density at radius 2 is 2.00 bits per heavy atom. The quantitative estimate of drug-likeness (QED) is 0.854. The fourth-order valence-corrected chi connectivity index (χ4v) is 2.20. The van der Waals surface area contributed by atoms with Gasteiger partial charge in [0.1, 0.15) is 5.82 Å². The van der Waals surface area contributed by atoms with Crippen LogP contribution in [-0.2, 0) is 6.54 Å². The van der Waals surface area contributed by atoms with E-state index in [1.807, 2.05) is 23.1 Å². The second kappa shape index (κ2) is 8.23. The monoisotopic (exact) mass is 299 g/mol. The van der Waals surface area contributed by atoms with E-state index in [-0.39, 0.29) is 5.82 Å². The fraction of sp³-hybridized carbons (Fsp3) is 0.294. The molecule has 0 aliphatic heterocycles. The molecule has 1 aromatic heterocycles. The number of aromatic nitrogens is 1. The lowest BCUT2D eigenvalue weighted by Gasteiger charge is -2.24. The Bertz CT molecular complexity index is 610. The summed E-state index contributed by atoms with van der Waals surface area (Å²) < 4.78 is 12.9. The highest BCUT2D eigenvalue weighted by atomic mass is 19.1. The Kier molecular flexibility index (Phi) is 6.01. The molecular formula is C17H18FN3O. The Morgan fingerprint density at radius 3 is 2.64 bits per heavy atom. The van der Waals surface area contributed by atoms with Crippen molar-refractivity contribution < 1.29 is 9.50 Å². The van der Waals surface area contributed by atoms with Crippen LogP contribution in [0.4, 0.5) is 4.39 Å². The Morgan fingerprint density at radius 1 is 1.23 bits per heavy atom. The predicted octanol–water partition coefficient (Wildman–Crippen LogP) is 2.67. The number of hydrogen-bond acceptors (Lipinski definition) is 4. The molecule has 0 bridgehead atoms. The molecule has 1 N–H and O–H groups in total. The first-order valence-electron chi connectivity index (χ1n) is 7.12. The molecule has 2 rings (SSSR count). The number of pyridine rings is 1. The SMILES string of the molecule is N#CCCN(Cc1ccccn1)CC(O)c1ccc(F)cc1. The minimum atomic E-state index is -0.733. The average Bonchev–Trinajstić information content (AvgIpc) is 2.54. The maximum absolute atomic E-state index is 12.9.